The lowest BCUT2D eigenvalue weighted by Gasteiger charge is -2.19. The van der Waals surface area contributed by atoms with Gasteiger partial charge < -0.3 is 18.9 Å². The minimum Gasteiger partial charge on any atom is -0.382 e. The van der Waals surface area contributed by atoms with E-state index < -0.39 is 24.3 Å². The zero-order valence-electron chi connectivity index (χ0n) is 8.48. The van der Waals surface area contributed by atoms with Gasteiger partial charge in [-0.3, -0.25) is 4.79 Å². The van der Waals surface area contributed by atoms with E-state index in [1.165, 1.54) is 7.11 Å². The molecule has 0 saturated carbocycles. The van der Waals surface area contributed by atoms with Gasteiger partial charge in [0.2, 0.25) is 0 Å². The van der Waals surface area contributed by atoms with Crippen molar-refractivity contribution in [2.24, 2.45) is 0 Å². The van der Waals surface area contributed by atoms with Crippen LogP contribution < -0.4 is 0 Å². The number of carbonyl (C=O) groups excluding carboxylic acids is 1. The minimum atomic E-state index is -0.733. The zero-order valence-corrected chi connectivity index (χ0v) is 8.48. The average molecular weight is 202 g/mol. The molecule has 0 aromatic heterocycles. The van der Waals surface area contributed by atoms with Crippen LogP contribution in [0.4, 0.5) is 0 Å². The second-order valence-corrected chi connectivity index (χ2v) is 3.91. The van der Waals surface area contributed by atoms with Crippen LogP contribution in [0, 0.1) is 0 Å². The third kappa shape index (κ3) is 1.56. The summed E-state index contributed by atoms with van der Waals surface area (Å²) >= 11 is 0. The molecule has 2 heterocycles. The van der Waals surface area contributed by atoms with Gasteiger partial charge in [-0.15, -0.1) is 0 Å². The highest BCUT2D eigenvalue weighted by Gasteiger charge is 2.54. The van der Waals surface area contributed by atoms with Crippen LogP contribution in [-0.2, 0) is 23.7 Å². The highest BCUT2D eigenvalue weighted by molar-refractivity contribution is 5.90. The Morgan fingerprint density at radius 2 is 2.14 bits per heavy atom. The maximum Gasteiger partial charge on any atom is 0.198 e. The molecular weight excluding hydrogens is 188 g/mol. The third-order valence-electron chi connectivity index (χ3n) is 2.27. The molecule has 14 heavy (non-hydrogen) atoms. The van der Waals surface area contributed by atoms with Crippen molar-refractivity contribution < 1.29 is 23.7 Å². The summed E-state index contributed by atoms with van der Waals surface area (Å²) in [6.07, 6.45) is -1.71. The Hall–Kier alpha value is -0.490. The van der Waals surface area contributed by atoms with E-state index in [0.29, 0.717) is 0 Å². The lowest BCUT2D eigenvalue weighted by molar-refractivity contribution is -0.208. The molecule has 5 heteroatoms. The van der Waals surface area contributed by atoms with E-state index in [4.69, 9.17) is 18.9 Å². The van der Waals surface area contributed by atoms with Crippen molar-refractivity contribution in [2.75, 3.05) is 13.7 Å². The predicted octanol–water partition coefficient (Wildman–Crippen LogP) is 0.0783. The lowest BCUT2D eigenvalue weighted by Crippen LogP contribution is -2.32. The van der Waals surface area contributed by atoms with Gasteiger partial charge >= 0.3 is 0 Å². The van der Waals surface area contributed by atoms with Gasteiger partial charge in [0.1, 0.15) is 6.10 Å². The van der Waals surface area contributed by atoms with Crippen LogP contribution in [0.1, 0.15) is 13.8 Å². The van der Waals surface area contributed by atoms with E-state index in [-0.39, 0.29) is 12.4 Å². The quantitative estimate of drug-likeness (QED) is 0.634. The molecule has 0 bridgehead atoms. The summed E-state index contributed by atoms with van der Waals surface area (Å²) in [5.41, 5.74) is 0. The summed E-state index contributed by atoms with van der Waals surface area (Å²) in [5, 5.41) is 0. The summed E-state index contributed by atoms with van der Waals surface area (Å²) < 4.78 is 21.0. The Balaban J connectivity index is 2.04. The Bertz CT molecular complexity index is 250. The molecular formula is C9H14O5. The van der Waals surface area contributed by atoms with Crippen LogP contribution in [0.5, 0.6) is 0 Å². The van der Waals surface area contributed by atoms with Gasteiger partial charge in [-0.05, 0) is 13.8 Å². The molecule has 3 atom stereocenters. The van der Waals surface area contributed by atoms with E-state index in [1.54, 1.807) is 13.8 Å². The van der Waals surface area contributed by atoms with E-state index in [2.05, 4.69) is 0 Å². The summed E-state index contributed by atoms with van der Waals surface area (Å²) in [7, 11) is 1.52. The maximum atomic E-state index is 11.7. The largest absolute Gasteiger partial charge is 0.382 e. The van der Waals surface area contributed by atoms with Crippen molar-refractivity contribution in [3.05, 3.63) is 0 Å². The van der Waals surface area contributed by atoms with Gasteiger partial charge in [-0.2, -0.15) is 0 Å². The Kier molecular flexibility index (Phi) is 2.35. The van der Waals surface area contributed by atoms with E-state index >= 15 is 0 Å². The number of Topliss-reactive ketones (excluding diaryl/α,β-unsaturated/α-hetero) is 1. The average Bonchev–Trinajstić information content (AvgIpc) is 2.50. The molecule has 0 aliphatic carbocycles. The number of ether oxygens (including phenoxy) is 4. The van der Waals surface area contributed by atoms with Crippen molar-refractivity contribution in [1.29, 1.82) is 0 Å². The van der Waals surface area contributed by atoms with Gasteiger partial charge in [0, 0.05) is 7.11 Å². The molecule has 2 saturated heterocycles. The smallest absolute Gasteiger partial charge is 0.198 e. The van der Waals surface area contributed by atoms with E-state index in [0.717, 1.165) is 0 Å². The summed E-state index contributed by atoms with van der Waals surface area (Å²) in [6.45, 7) is 3.76. The maximum absolute atomic E-state index is 11.7. The first-order chi connectivity index (χ1) is 6.53. The molecule has 0 unspecified atom stereocenters. The van der Waals surface area contributed by atoms with Gasteiger partial charge in [-0.1, -0.05) is 0 Å². The van der Waals surface area contributed by atoms with Crippen molar-refractivity contribution in [3.8, 4) is 0 Å². The number of carbonyl (C=O) groups is 1. The molecule has 2 rings (SSSR count). The molecule has 2 aliphatic rings. The normalized spacial score (nSPS) is 40.2. The van der Waals surface area contributed by atoms with Crippen LogP contribution in [0.15, 0.2) is 0 Å². The molecule has 2 aliphatic heterocycles. The first kappa shape index (κ1) is 10.0. The molecule has 80 valence electrons. The fraction of sp³-hybridized carbons (Fsp3) is 0.889. The fourth-order valence-electron chi connectivity index (χ4n) is 1.71. The summed E-state index contributed by atoms with van der Waals surface area (Å²) in [4.78, 5) is 11.7. The molecule has 0 radical (unpaired) electrons. The highest BCUT2D eigenvalue weighted by atomic mass is 16.8. The number of rotatable bonds is 2. The van der Waals surface area contributed by atoms with E-state index in [1.807, 2.05) is 0 Å². The first-order valence-corrected chi connectivity index (χ1v) is 4.57. The molecule has 0 aromatic carbocycles. The number of methoxy groups -OCH3 is 1. The summed E-state index contributed by atoms with van der Waals surface area (Å²) in [5.74, 6) is -0.828. The van der Waals surface area contributed by atoms with Gasteiger partial charge in [0.25, 0.3) is 0 Å². The first-order valence-electron chi connectivity index (χ1n) is 4.57. The molecule has 0 spiro atoms. The fourth-order valence-corrected chi connectivity index (χ4v) is 1.71. The van der Waals surface area contributed by atoms with Crippen molar-refractivity contribution >= 4 is 5.78 Å². The van der Waals surface area contributed by atoms with Crippen molar-refractivity contribution in [1.82, 2.24) is 0 Å². The predicted molar refractivity (Wildman–Crippen MR) is 45.6 cm³/mol. The number of ketones is 1. The number of fused-ring (bicyclic) bond motifs is 1. The molecule has 0 amide bonds. The number of hydrogen-bond donors (Lipinski definition) is 0. The van der Waals surface area contributed by atoms with E-state index in [9.17, 15) is 4.79 Å². The number of hydrogen-bond acceptors (Lipinski definition) is 5. The lowest BCUT2D eigenvalue weighted by atomic mass is 10.2. The van der Waals surface area contributed by atoms with Crippen LogP contribution in [0.3, 0.4) is 0 Å². The Labute approximate surface area is 82.3 Å². The SMILES string of the molecule is COC[C@H]1O[C@@H]2OC(C)(C)O[C@@H]2C1=O. The second kappa shape index (κ2) is 3.27. The van der Waals surface area contributed by atoms with Crippen molar-refractivity contribution in [3.63, 3.8) is 0 Å². The molecule has 5 nitrogen and oxygen atoms in total. The third-order valence-corrected chi connectivity index (χ3v) is 2.27. The highest BCUT2D eigenvalue weighted by Crippen LogP contribution is 2.35. The van der Waals surface area contributed by atoms with Gasteiger partial charge in [-0.25, -0.2) is 0 Å². The topological polar surface area (TPSA) is 54.0 Å². The van der Waals surface area contributed by atoms with Crippen molar-refractivity contribution in [2.45, 2.75) is 38.1 Å². The van der Waals surface area contributed by atoms with Gasteiger partial charge in [0.05, 0.1) is 6.61 Å². The van der Waals surface area contributed by atoms with Crippen LogP contribution in [-0.4, -0.2) is 43.8 Å². The monoisotopic (exact) mass is 202 g/mol. The Morgan fingerprint density at radius 1 is 1.43 bits per heavy atom. The minimum absolute atomic E-state index is 0.0950. The van der Waals surface area contributed by atoms with Crippen LogP contribution in [0.2, 0.25) is 0 Å². The Morgan fingerprint density at radius 3 is 2.71 bits per heavy atom. The van der Waals surface area contributed by atoms with Crippen LogP contribution in [0.25, 0.3) is 0 Å². The second-order valence-electron chi connectivity index (χ2n) is 3.91. The van der Waals surface area contributed by atoms with Crippen LogP contribution >= 0.6 is 0 Å². The summed E-state index contributed by atoms with van der Waals surface area (Å²) in [6, 6.07) is 0. The zero-order chi connectivity index (χ0) is 10.3. The molecule has 0 N–H and O–H groups in total. The van der Waals surface area contributed by atoms with Gasteiger partial charge in [0.15, 0.2) is 24.0 Å². The standard InChI is InChI=1S/C9H14O5/c1-9(2)13-7-6(10)5(4-11-3)12-8(7)14-9/h5,7-8H,4H2,1-3H3/t5-,7-,8-/m1/s1. The molecule has 0 aromatic rings. The molecule has 2 fully saturated rings.